The summed E-state index contributed by atoms with van der Waals surface area (Å²) in [4.78, 5) is 81.5. The fraction of sp³-hybridized carbons (Fsp3) is 0.459. The average molecular weight is 915 g/mol. The number of carbonyl (C=O) groups excluding carboxylic acids is 4. The minimum Gasteiger partial charge on any atom is -0.476 e. The predicted molar refractivity (Wildman–Crippen MR) is 236 cm³/mol. The number of nitrogen functional groups attached to an aromatic ring is 2. The summed E-state index contributed by atoms with van der Waals surface area (Å²) < 4.78 is 6.17. The van der Waals surface area contributed by atoms with E-state index in [2.05, 4.69) is 25.5 Å². The summed E-state index contributed by atoms with van der Waals surface area (Å²) >= 11 is 0. The Morgan fingerprint density at radius 1 is 0.585 bits per heavy atom. The number of nitro groups is 2. The van der Waals surface area contributed by atoms with E-state index in [0.29, 0.717) is 34.3 Å². The highest BCUT2D eigenvalue weighted by Crippen LogP contribution is 2.23. The van der Waals surface area contributed by atoms with E-state index in [-0.39, 0.29) is 34.8 Å². The van der Waals surface area contributed by atoms with Gasteiger partial charge in [0.25, 0.3) is 23.6 Å². The highest BCUT2D eigenvalue weighted by atomic mass is 16.6. The van der Waals surface area contributed by atoms with Gasteiger partial charge in [0.1, 0.15) is 11.5 Å². The van der Waals surface area contributed by atoms with Crippen LogP contribution in [-0.2, 0) is 28.2 Å². The molecule has 0 aliphatic rings. The maximum Gasteiger partial charge on any atom is 0.358 e. The van der Waals surface area contributed by atoms with Crippen LogP contribution in [0.3, 0.4) is 0 Å². The first-order valence-corrected chi connectivity index (χ1v) is 18.9. The molecule has 5 aromatic heterocycles. The van der Waals surface area contributed by atoms with Gasteiger partial charge in [-0.1, -0.05) is 5.10 Å². The third-order valence-corrected chi connectivity index (χ3v) is 9.25. The number of rotatable bonds is 7. The number of amides is 4. The summed E-state index contributed by atoms with van der Waals surface area (Å²) in [6.07, 6.45) is 0. The van der Waals surface area contributed by atoms with E-state index in [1.807, 2.05) is 32.9 Å². The number of aromatic carboxylic acids is 1. The molecule has 28 heteroatoms. The van der Waals surface area contributed by atoms with Crippen molar-refractivity contribution in [3.63, 3.8) is 0 Å². The molecule has 0 aliphatic heterocycles. The lowest BCUT2D eigenvalue weighted by Gasteiger charge is -2.07. The lowest BCUT2D eigenvalue weighted by atomic mass is 10.2. The zero-order valence-electron chi connectivity index (χ0n) is 39.6. The maximum atomic E-state index is 11.6. The van der Waals surface area contributed by atoms with Gasteiger partial charge in [-0.05, 0) is 39.5 Å². The lowest BCUT2D eigenvalue weighted by Crippen LogP contribution is -2.23. The third-order valence-electron chi connectivity index (χ3n) is 9.25. The SMILES string of the molecule is Cc1c(C(=O)N(C)C)nn(C)c1C.Cc1c(C(=O)N(C)C)nn(C)c1N.Cc1c(N)c(C(=O)N(C)C)nn1C.Cc1c([N+](=O)[O-])c(C(=O)N(C)C)nn1C.O=C(O)c1cc([N+](=O)[O-])[nH]n1. The van der Waals surface area contributed by atoms with Crippen molar-refractivity contribution in [3.05, 3.63) is 83.0 Å². The average Bonchev–Trinajstić information content (AvgIpc) is 4.02. The zero-order chi connectivity index (χ0) is 50.7. The van der Waals surface area contributed by atoms with Crippen LogP contribution >= 0.6 is 0 Å². The highest BCUT2D eigenvalue weighted by Gasteiger charge is 2.30. The number of nitrogens with zero attached hydrogens (tertiary/aromatic N) is 15. The number of nitrogens with two attached hydrogens (primary N) is 2. The molecule has 0 atom stereocenters. The van der Waals surface area contributed by atoms with Crippen LogP contribution in [0.1, 0.15) is 80.7 Å². The van der Waals surface area contributed by atoms with Crippen molar-refractivity contribution < 1.29 is 38.9 Å². The van der Waals surface area contributed by atoms with Gasteiger partial charge in [0.2, 0.25) is 5.69 Å². The molecular weight excluding hydrogens is 857 g/mol. The molecular formula is C37H58N18O10. The van der Waals surface area contributed by atoms with Crippen molar-refractivity contribution in [1.82, 2.24) is 68.9 Å². The number of H-pyrrole nitrogens is 1. The second-order valence-electron chi connectivity index (χ2n) is 14.8. The number of aromatic amines is 1. The molecule has 0 unspecified atom stereocenters. The van der Waals surface area contributed by atoms with Crippen molar-refractivity contribution in [2.24, 2.45) is 28.2 Å². The second kappa shape index (κ2) is 22.8. The van der Waals surface area contributed by atoms with Crippen molar-refractivity contribution in [2.75, 3.05) is 67.8 Å². The molecule has 5 rings (SSSR count). The minimum atomic E-state index is -1.30. The summed E-state index contributed by atoms with van der Waals surface area (Å²) in [6, 6.07) is 0.850. The molecule has 65 heavy (non-hydrogen) atoms. The number of carboxylic acid groups (broad SMARTS) is 1. The van der Waals surface area contributed by atoms with Gasteiger partial charge >= 0.3 is 17.5 Å². The van der Waals surface area contributed by atoms with Crippen LogP contribution in [0.2, 0.25) is 0 Å². The normalized spacial score (nSPS) is 10.0. The lowest BCUT2D eigenvalue weighted by molar-refractivity contribution is -0.389. The van der Waals surface area contributed by atoms with Gasteiger partial charge in [0.15, 0.2) is 22.8 Å². The number of carboxylic acids is 1. The Balaban J connectivity index is 0.000000407. The zero-order valence-corrected chi connectivity index (χ0v) is 39.6. The van der Waals surface area contributed by atoms with Crippen LogP contribution in [0, 0.1) is 54.8 Å². The molecule has 0 radical (unpaired) electrons. The van der Waals surface area contributed by atoms with Gasteiger partial charge in [-0.15, -0.1) is 5.10 Å². The largest absolute Gasteiger partial charge is 0.476 e. The Labute approximate surface area is 373 Å². The molecule has 28 nitrogen and oxygen atoms in total. The Morgan fingerprint density at radius 2 is 0.954 bits per heavy atom. The first-order valence-electron chi connectivity index (χ1n) is 18.9. The molecule has 0 aliphatic carbocycles. The number of carbonyl (C=O) groups is 5. The van der Waals surface area contributed by atoms with Crippen molar-refractivity contribution in [2.45, 2.75) is 34.6 Å². The number of anilines is 2. The highest BCUT2D eigenvalue weighted by molar-refractivity contribution is 5.98. The summed E-state index contributed by atoms with van der Waals surface area (Å²) in [7, 11) is 20.1. The monoisotopic (exact) mass is 914 g/mol. The fourth-order valence-corrected chi connectivity index (χ4v) is 4.87. The van der Waals surface area contributed by atoms with E-state index < -0.39 is 27.5 Å². The summed E-state index contributed by atoms with van der Waals surface area (Å²) in [6.45, 7) is 9.04. The van der Waals surface area contributed by atoms with Crippen LogP contribution in [0.25, 0.3) is 0 Å². The quantitative estimate of drug-likeness (QED) is 0.131. The summed E-state index contributed by atoms with van der Waals surface area (Å²) in [5, 5.41) is 50.2. The Morgan fingerprint density at radius 3 is 1.26 bits per heavy atom. The molecule has 4 amide bonds. The molecule has 5 aromatic rings. The van der Waals surface area contributed by atoms with Crippen LogP contribution in [0.4, 0.5) is 23.0 Å². The van der Waals surface area contributed by atoms with E-state index >= 15 is 0 Å². The van der Waals surface area contributed by atoms with E-state index in [0.717, 1.165) is 28.6 Å². The van der Waals surface area contributed by atoms with Gasteiger partial charge in [-0.3, -0.25) is 48.0 Å². The molecule has 0 bridgehead atoms. The summed E-state index contributed by atoms with van der Waals surface area (Å²) in [5.74, 6) is -1.99. The standard InChI is InChI=1S/C9H15N3O.C8H12N4O3.2C8H14N4O.C4H3N3O4/c1-6-7(2)12(5)10-8(6)9(13)11(3)4;1-5-7(12(14)15)6(9-11(5)4)8(13)10(2)3;1-5-6(9)7(10-12(5)4)8(13)11(2)3;1-5-6(8(13)11(2)3)10-12(4)7(5)9;8-4(9)2-1-3(6-5-2)7(10)11/h1-5H3;1-4H3;2*9H2,1-4H3;1H,(H,5,6)(H,8,9). The number of hydrogen-bond donors (Lipinski definition) is 4. The number of aryl methyl sites for hydroxylation is 4. The molecule has 5 heterocycles. The first kappa shape index (κ1) is 54.8. The van der Waals surface area contributed by atoms with E-state index in [9.17, 15) is 44.2 Å². The van der Waals surface area contributed by atoms with Crippen LogP contribution in [0.5, 0.6) is 0 Å². The van der Waals surface area contributed by atoms with Gasteiger partial charge in [0, 0.05) is 101 Å². The number of aromatic nitrogens is 10. The fourth-order valence-electron chi connectivity index (χ4n) is 4.87. The van der Waals surface area contributed by atoms with Crippen molar-refractivity contribution >= 4 is 52.6 Å². The van der Waals surface area contributed by atoms with Crippen LogP contribution in [-0.4, -0.2) is 170 Å². The molecule has 0 fully saturated rings. The van der Waals surface area contributed by atoms with Gasteiger partial charge in [0.05, 0.1) is 22.4 Å². The molecule has 0 spiro atoms. The molecule has 356 valence electrons. The smallest absolute Gasteiger partial charge is 0.358 e. The van der Waals surface area contributed by atoms with Gasteiger partial charge in [-0.25, -0.2) is 4.79 Å². The Bertz CT molecular complexity index is 2360. The van der Waals surface area contributed by atoms with Crippen LogP contribution < -0.4 is 11.5 Å². The number of nitrogens with one attached hydrogen (secondary N) is 1. The van der Waals surface area contributed by atoms with E-state index in [4.69, 9.17) is 16.6 Å². The predicted octanol–water partition coefficient (Wildman–Crippen LogP) is 1.12. The Hall–Kier alpha value is -8.20. The van der Waals surface area contributed by atoms with Crippen molar-refractivity contribution in [3.8, 4) is 0 Å². The molecule has 0 saturated heterocycles. The summed E-state index contributed by atoms with van der Waals surface area (Å²) in [5.41, 5.74) is 16.3. The van der Waals surface area contributed by atoms with E-state index in [1.165, 1.54) is 43.1 Å². The third kappa shape index (κ3) is 13.6. The number of hydrogen-bond acceptors (Lipinski definition) is 16. The van der Waals surface area contributed by atoms with E-state index in [1.54, 1.807) is 86.6 Å². The topological polar surface area (TPSA) is 357 Å². The molecule has 6 N–H and O–H groups in total. The Kier molecular flexibility index (Phi) is 19.2. The second-order valence-corrected chi connectivity index (χ2v) is 14.8. The van der Waals surface area contributed by atoms with Crippen molar-refractivity contribution in [1.29, 1.82) is 0 Å². The molecule has 0 aromatic carbocycles. The maximum absolute atomic E-state index is 11.6. The molecule has 0 saturated carbocycles. The van der Waals surface area contributed by atoms with Gasteiger partial charge in [-0.2, -0.15) is 20.4 Å². The van der Waals surface area contributed by atoms with Crippen LogP contribution in [0.15, 0.2) is 6.07 Å². The first-order chi connectivity index (χ1) is 29.8. The van der Waals surface area contributed by atoms with Gasteiger partial charge < -0.3 is 46.3 Å². The minimum absolute atomic E-state index is 0.0406.